The third kappa shape index (κ3) is 3.94. The number of nitrogens with one attached hydrogen (secondary N) is 1. The number of carbonyl (C=O) groups excluding carboxylic acids is 1. The Balaban J connectivity index is 1.25. The molecule has 1 atom stereocenters. The Hall–Kier alpha value is -3.87. The van der Waals surface area contributed by atoms with E-state index in [4.69, 9.17) is 9.47 Å². The molecule has 7 nitrogen and oxygen atoms in total. The van der Waals surface area contributed by atoms with Crippen LogP contribution < -0.4 is 14.8 Å². The molecular weight excluding hydrogens is 392 g/mol. The maximum atomic E-state index is 12.8. The minimum absolute atomic E-state index is 0.0760. The van der Waals surface area contributed by atoms with Gasteiger partial charge < -0.3 is 14.8 Å². The number of hydrogen-bond acceptors (Lipinski definition) is 5. The van der Waals surface area contributed by atoms with Gasteiger partial charge in [0.25, 0.3) is 0 Å². The van der Waals surface area contributed by atoms with Gasteiger partial charge in [0.2, 0.25) is 5.91 Å². The second kappa shape index (κ2) is 8.10. The van der Waals surface area contributed by atoms with Crippen LogP contribution in [0.15, 0.2) is 66.9 Å². The molecule has 2 aromatic carbocycles. The van der Waals surface area contributed by atoms with Crippen LogP contribution in [0.2, 0.25) is 0 Å². The van der Waals surface area contributed by atoms with E-state index in [0.29, 0.717) is 25.4 Å². The Kier molecular flexibility index (Phi) is 5.00. The summed E-state index contributed by atoms with van der Waals surface area (Å²) >= 11 is 0. The van der Waals surface area contributed by atoms with Gasteiger partial charge in [-0.05, 0) is 54.4 Å². The molecule has 0 saturated carbocycles. The van der Waals surface area contributed by atoms with Crippen molar-refractivity contribution in [2.24, 2.45) is 0 Å². The molecule has 7 heteroatoms. The highest BCUT2D eigenvalue weighted by molar-refractivity contribution is 5.95. The predicted molar refractivity (Wildman–Crippen MR) is 117 cm³/mol. The van der Waals surface area contributed by atoms with Crippen LogP contribution >= 0.6 is 0 Å². The molecule has 4 aromatic rings. The zero-order valence-corrected chi connectivity index (χ0v) is 17.1. The number of ether oxygens (including phenoxy) is 2. The monoisotopic (exact) mass is 414 g/mol. The van der Waals surface area contributed by atoms with Crippen LogP contribution in [-0.4, -0.2) is 33.7 Å². The van der Waals surface area contributed by atoms with E-state index in [0.717, 1.165) is 34.0 Å². The highest BCUT2D eigenvalue weighted by Crippen LogP contribution is 2.33. The molecule has 0 bridgehead atoms. The van der Waals surface area contributed by atoms with E-state index in [1.165, 1.54) is 0 Å². The molecule has 1 N–H and O–H groups in total. The van der Waals surface area contributed by atoms with E-state index in [1.807, 2.05) is 78.2 Å². The number of nitrogens with zero attached hydrogens (tertiary/aromatic N) is 3. The maximum absolute atomic E-state index is 12.8. The zero-order chi connectivity index (χ0) is 21.2. The average Bonchev–Trinajstić information content (AvgIpc) is 3.22. The summed E-state index contributed by atoms with van der Waals surface area (Å²) in [5.74, 6) is 1.89. The van der Waals surface area contributed by atoms with Crippen LogP contribution in [0.3, 0.4) is 0 Å². The second-order valence-corrected chi connectivity index (χ2v) is 7.53. The number of pyridine rings is 1. The number of benzene rings is 2. The third-order valence-corrected chi connectivity index (χ3v) is 5.43. The summed E-state index contributed by atoms with van der Waals surface area (Å²) in [4.78, 5) is 12.8. The fourth-order valence-corrected chi connectivity index (χ4v) is 3.63. The number of carbonyl (C=O) groups is 1. The van der Waals surface area contributed by atoms with Gasteiger partial charge in [0.05, 0.1) is 5.92 Å². The lowest BCUT2D eigenvalue weighted by Gasteiger charge is -2.20. The van der Waals surface area contributed by atoms with E-state index in [-0.39, 0.29) is 11.8 Å². The van der Waals surface area contributed by atoms with Crippen LogP contribution in [0.5, 0.6) is 11.5 Å². The topological polar surface area (TPSA) is 77.8 Å². The summed E-state index contributed by atoms with van der Waals surface area (Å²) in [6.45, 7) is 2.95. The molecule has 0 saturated heterocycles. The highest BCUT2D eigenvalue weighted by Gasteiger charge is 2.19. The van der Waals surface area contributed by atoms with Crippen LogP contribution in [0.4, 0.5) is 5.69 Å². The smallest absolute Gasteiger partial charge is 0.231 e. The summed E-state index contributed by atoms with van der Waals surface area (Å²) in [6.07, 6.45) is 2.62. The van der Waals surface area contributed by atoms with E-state index in [1.54, 1.807) is 0 Å². The molecule has 3 heterocycles. The van der Waals surface area contributed by atoms with E-state index >= 15 is 0 Å². The van der Waals surface area contributed by atoms with Crippen molar-refractivity contribution in [1.82, 2.24) is 14.6 Å². The Morgan fingerprint density at radius 2 is 1.84 bits per heavy atom. The number of fused-ring (bicyclic) bond motifs is 2. The van der Waals surface area contributed by atoms with E-state index in [2.05, 4.69) is 15.5 Å². The Labute approximate surface area is 179 Å². The number of rotatable bonds is 5. The van der Waals surface area contributed by atoms with Crippen LogP contribution in [-0.2, 0) is 11.2 Å². The SMILES string of the molecule is CC(C(=O)Nc1ccc(Cc2nnc3ccccn23)cc1)c1ccc2c(c1)OCCO2. The van der Waals surface area contributed by atoms with Gasteiger partial charge in [-0.15, -0.1) is 10.2 Å². The minimum Gasteiger partial charge on any atom is -0.486 e. The van der Waals surface area contributed by atoms with Gasteiger partial charge in [-0.3, -0.25) is 9.20 Å². The van der Waals surface area contributed by atoms with Crippen molar-refractivity contribution < 1.29 is 14.3 Å². The molecule has 1 aliphatic rings. The van der Waals surface area contributed by atoms with Gasteiger partial charge in [-0.2, -0.15) is 0 Å². The molecule has 0 radical (unpaired) electrons. The number of amides is 1. The predicted octanol–water partition coefficient (Wildman–Crippen LogP) is 3.83. The second-order valence-electron chi connectivity index (χ2n) is 7.53. The van der Waals surface area contributed by atoms with Crippen molar-refractivity contribution in [2.45, 2.75) is 19.3 Å². The molecule has 156 valence electrons. The first-order valence-corrected chi connectivity index (χ1v) is 10.3. The molecule has 0 spiro atoms. The Bertz CT molecular complexity index is 1230. The quantitative estimate of drug-likeness (QED) is 0.537. The van der Waals surface area contributed by atoms with E-state index < -0.39 is 0 Å². The lowest BCUT2D eigenvalue weighted by Crippen LogP contribution is -2.20. The fourth-order valence-electron chi connectivity index (χ4n) is 3.63. The first kappa shape index (κ1) is 19.1. The van der Waals surface area contributed by atoms with Crippen molar-refractivity contribution in [3.05, 3.63) is 83.8 Å². The molecule has 5 rings (SSSR count). The summed E-state index contributed by atoms with van der Waals surface area (Å²) in [7, 11) is 0. The first-order chi connectivity index (χ1) is 15.2. The zero-order valence-electron chi connectivity index (χ0n) is 17.1. The van der Waals surface area contributed by atoms with Crippen molar-refractivity contribution in [1.29, 1.82) is 0 Å². The molecular formula is C24H22N4O3. The standard InChI is InChI=1S/C24H22N4O3/c1-16(18-7-10-20-21(15-18)31-13-12-30-20)24(29)25-19-8-5-17(6-9-19)14-23-27-26-22-4-2-3-11-28(22)23/h2-11,15-16H,12-14H2,1H3,(H,25,29). The molecule has 31 heavy (non-hydrogen) atoms. The van der Waals surface area contributed by atoms with Crippen molar-refractivity contribution in [3.63, 3.8) is 0 Å². The van der Waals surface area contributed by atoms with Gasteiger partial charge >= 0.3 is 0 Å². The average molecular weight is 414 g/mol. The van der Waals surface area contributed by atoms with Gasteiger partial charge in [0.1, 0.15) is 19.0 Å². The highest BCUT2D eigenvalue weighted by atomic mass is 16.6. The van der Waals surface area contributed by atoms with Crippen LogP contribution in [0.25, 0.3) is 5.65 Å². The Morgan fingerprint density at radius 1 is 1.03 bits per heavy atom. The van der Waals surface area contributed by atoms with Crippen LogP contribution in [0, 0.1) is 0 Å². The normalized spacial score (nSPS) is 13.7. The molecule has 0 fully saturated rings. The number of aromatic nitrogens is 3. The van der Waals surface area contributed by atoms with Crippen LogP contribution in [0.1, 0.15) is 29.8 Å². The maximum Gasteiger partial charge on any atom is 0.231 e. The summed E-state index contributed by atoms with van der Waals surface area (Å²) in [6, 6.07) is 19.3. The summed E-state index contributed by atoms with van der Waals surface area (Å²) in [5.41, 5.74) is 3.56. The summed E-state index contributed by atoms with van der Waals surface area (Å²) < 4.78 is 13.2. The molecule has 2 aromatic heterocycles. The van der Waals surface area contributed by atoms with Crippen molar-refractivity contribution >= 4 is 17.2 Å². The lowest BCUT2D eigenvalue weighted by molar-refractivity contribution is -0.117. The molecule has 1 aliphatic heterocycles. The summed E-state index contributed by atoms with van der Waals surface area (Å²) in [5, 5.41) is 11.5. The molecule has 1 amide bonds. The van der Waals surface area contributed by atoms with Gasteiger partial charge in [-0.1, -0.05) is 24.3 Å². The largest absolute Gasteiger partial charge is 0.486 e. The lowest BCUT2D eigenvalue weighted by atomic mass is 9.99. The van der Waals surface area contributed by atoms with Crippen molar-refractivity contribution in [3.8, 4) is 11.5 Å². The van der Waals surface area contributed by atoms with E-state index in [9.17, 15) is 4.79 Å². The number of anilines is 1. The van der Waals surface area contributed by atoms with Crippen molar-refractivity contribution in [2.75, 3.05) is 18.5 Å². The Morgan fingerprint density at radius 3 is 2.68 bits per heavy atom. The first-order valence-electron chi connectivity index (χ1n) is 10.3. The minimum atomic E-state index is -0.321. The van der Waals surface area contributed by atoms with Gasteiger partial charge in [0, 0.05) is 18.3 Å². The fraction of sp³-hybridized carbons (Fsp3) is 0.208. The molecule has 1 unspecified atom stereocenters. The van der Waals surface area contributed by atoms with Gasteiger partial charge in [-0.25, -0.2) is 0 Å². The number of hydrogen-bond donors (Lipinski definition) is 1. The third-order valence-electron chi connectivity index (χ3n) is 5.43. The molecule has 0 aliphatic carbocycles. The van der Waals surface area contributed by atoms with Gasteiger partial charge in [0.15, 0.2) is 17.1 Å².